The van der Waals surface area contributed by atoms with Gasteiger partial charge in [-0.1, -0.05) is 24.3 Å². The summed E-state index contributed by atoms with van der Waals surface area (Å²) in [6.45, 7) is 1.40. The summed E-state index contributed by atoms with van der Waals surface area (Å²) in [5.74, 6) is -0.504. The lowest BCUT2D eigenvalue weighted by Gasteiger charge is -2.31. The van der Waals surface area contributed by atoms with E-state index < -0.39 is 0 Å². The average molecular weight is 380 g/mol. The van der Waals surface area contributed by atoms with Crippen LogP contribution in [0.15, 0.2) is 54.7 Å². The van der Waals surface area contributed by atoms with Gasteiger partial charge in [-0.15, -0.1) is 0 Å². The quantitative estimate of drug-likeness (QED) is 0.792. The van der Waals surface area contributed by atoms with E-state index in [0.717, 1.165) is 5.69 Å². The molecule has 1 aliphatic heterocycles. The van der Waals surface area contributed by atoms with Gasteiger partial charge in [-0.05, 0) is 37.1 Å². The molecular formula is C21H24N4O3. The normalized spacial score (nSPS) is 14.4. The van der Waals surface area contributed by atoms with Crippen molar-refractivity contribution in [3.63, 3.8) is 0 Å². The maximum absolute atomic E-state index is 12.3. The van der Waals surface area contributed by atoms with Crippen LogP contribution in [-0.4, -0.2) is 47.2 Å². The monoisotopic (exact) mass is 380 g/mol. The highest BCUT2D eigenvalue weighted by atomic mass is 16.2. The lowest BCUT2D eigenvalue weighted by Crippen LogP contribution is -2.46. The second-order valence-electron chi connectivity index (χ2n) is 6.74. The highest BCUT2D eigenvalue weighted by molar-refractivity contribution is 5.96. The fourth-order valence-electron chi connectivity index (χ4n) is 3.18. The standard InChI is InChI=1S/C21H24N4O3/c26-19(15-24-20(27)16-6-2-1-3-7-16)25-12-9-17(10-13-25)21(28)23-14-18-8-4-5-11-22-18/h1-8,11,17H,9-10,12-15H2,(H,23,28)(H,24,27). The first-order valence-corrected chi connectivity index (χ1v) is 9.42. The lowest BCUT2D eigenvalue weighted by molar-refractivity contribution is -0.134. The number of aromatic nitrogens is 1. The van der Waals surface area contributed by atoms with Crippen molar-refractivity contribution in [2.75, 3.05) is 19.6 Å². The molecule has 1 aliphatic rings. The number of amides is 3. The number of piperidine rings is 1. The summed E-state index contributed by atoms with van der Waals surface area (Å²) < 4.78 is 0. The molecule has 28 heavy (non-hydrogen) atoms. The molecule has 0 radical (unpaired) electrons. The van der Waals surface area contributed by atoms with E-state index >= 15 is 0 Å². The highest BCUT2D eigenvalue weighted by Crippen LogP contribution is 2.17. The minimum absolute atomic E-state index is 0.00451. The van der Waals surface area contributed by atoms with Crippen LogP contribution in [0.5, 0.6) is 0 Å². The van der Waals surface area contributed by atoms with Crippen LogP contribution in [-0.2, 0) is 16.1 Å². The van der Waals surface area contributed by atoms with E-state index in [-0.39, 0.29) is 30.2 Å². The van der Waals surface area contributed by atoms with E-state index in [4.69, 9.17) is 0 Å². The molecule has 3 amide bonds. The number of nitrogens with one attached hydrogen (secondary N) is 2. The number of hydrogen-bond acceptors (Lipinski definition) is 4. The summed E-state index contributed by atoms with van der Waals surface area (Å²) in [5.41, 5.74) is 1.34. The van der Waals surface area contributed by atoms with Gasteiger partial charge in [0.15, 0.2) is 0 Å². The van der Waals surface area contributed by atoms with Crippen molar-refractivity contribution < 1.29 is 14.4 Å². The number of carbonyl (C=O) groups excluding carboxylic acids is 3. The Morgan fingerprint density at radius 3 is 2.36 bits per heavy atom. The SMILES string of the molecule is O=C(NCC(=O)N1CCC(C(=O)NCc2ccccn2)CC1)c1ccccc1. The molecule has 3 rings (SSSR count). The molecular weight excluding hydrogens is 356 g/mol. The van der Waals surface area contributed by atoms with Gasteiger partial charge in [-0.3, -0.25) is 19.4 Å². The Morgan fingerprint density at radius 2 is 1.68 bits per heavy atom. The fraction of sp³-hybridized carbons (Fsp3) is 0.333. The molecule has 0 bridgehead atoms. The van der Waals surface area contributed by atoms with Gasteiger partial charge in [0.25, 0.3) is 5.91 Å². The number of likely N-dealkylation sites (tertiary alicyclic amines) is 1. The van der Waals surface area contributed by atoms with Crippen molar-refractivity contribution in [2.24, 2.45) is 5.92 Å². The summed E-state index contributed by atoms with van der Waals surface area (Å²) in [7, 11) is 0. The molecule has 0 spiro atoms. The van der Waals surface area contributed by atoms with Crippen LogP contribution >= 0.6 is 0 Å². The zero-order valence-corrected chi connectivity index (χ0v) is 15.6. The van der Waals surface area contributed by atoms with Gasteiger partial charge in [0, 0.05) is 30.8 Å². The number of hydrogen-bond donors (Lipinski definition) is 2. The van der Waals surface area contributed by atoms with Gasteiger partial charge in [-0.2, -0.15) is 0 Å². The highest BCUT2D eigenvalue weighted by Gasteiger charge is 2.27. The maximum Gasteiger partial charge on any atom is 0.251 e. The molecule has 146 valence electrons. The number of benzene rings is 1. The molecule has 2 heterocycles. The van der Waals surface area contributed by atoms with E-state index in [1.807, 2.05) is 24.3 Å². The number of pyridine rings is 1. The largest absolute Gasteiger partial charge is 0.350 e. The molecule has 0 saturated carbocycles. The molecule has 2 aromatic rings. The smallest absolute Gasteiger partial charge is 0.251 e. The summed E-state index contributed by atoms with van der Waals surface area (Å²) in [5, 5.41) is 5.56. The van der Waals surface area contributed by atoms with Gasteiger partial charge in [0.2, 0.25) is 11.8 Å². The molecule has 1 saturated heterocycles. The summed E-state index contributed by atoms with van der Waals surface area (Å²) >= 11 is 0. The Balaban J connectivity index is 1.39. The van der Waals surface area contributed by atoms with E-state index in [1.54, 1.807) is 35.4 Å². The van der Waals surface area contributed by atoms with Crippen LogP contribution in [0.3, 0.4) is 0 Å². The summed E-state index contributed by atoms with van der Waals surface area (Å²) in [6.07, 6.45) is 2.93. The second kappa shape index (κ2) is 9.64. The van der Waals surface area contributed by atoms with E-state index in [2.05, 4.69) is 15.6 Å². The minimum Gasteiger partial charge on any atom is -0.350 e. The molecule has 1 aromatic carbocycles. The second-order valence-corrected chi connectivity index (χ2v) is 6.74. The van der Waals surface area contributed by atoms with Crippen molar-refractivity contribution in [3.05, 3.63) is 66.0 Å². The molecule has 2 N–H and O–H groups in total. The van der Waals surface area contributed by atoms with E-state index in [0.29, 0.717) is 38.0 Å². The average Bonchev–Trinajstić information content (AvgIpc) is 2.77. The Kier molecular flexibility index (Phi) is 6.73. The Bertz CT molecular complexity index is 803. The van der Waals surface area contributed by atoms with Crippen LogP contribution in [0.1, 0.15) is 28.9 Å². The predicted octanol–water partition coefficient (Wildman–Crippen LogP) is 1.37. The van der Waals surface area contributed by atoms with Gasteiger partial charge in [0.1, 0.15) is 0 Å². The third-order valence-corrected chi connectivity index (χ3v) is 4.82. The first-order valence-electron chi connectivity index (χ1n) is 9.42. The lowest BCUT2D eigenvalue weighted by atomic mass is 9.96. The van der Waals surface area contributed by atoms with Crippen LogP contribution in [0.4, 0.5) is 0 Å². The molecule has 0 unspecified atom stereocenters. The zero-order valence-electron chi connectivity index (χ0n) is 15.6. The molecule has 1 fully saturated rings. The van der Waals surface area contributed by atoms with Crippen molar-refractivity contribution in [1.29, 1.82) is 0 Å². The first-order chi connectivity index (χ1) is 13.6. The number of carbonyl (C=O) groups is 3. The van der Waals surface area contributed by atoms with Crippen molar-refractivity contribution in [1.82, 2.24) is 20.5 Å². The molecule has 7 nitrogen and oxygen atoms in total. The van der Waals surface area contributed by atoms with Crippen LogP contribution in [0.2, 0.25) is 0 Å². The number of nitrogens with zero attached hydrogens (tertiary/aromatic N) is 2. The number of rotatable bonds is 6. The Morgan fingerprint density at radius 1 is 0.964 bits per heavy atom. The van der Waals surface area contributed by atoms with Gasteiger partial charge < -0.3 is 15.5 Å². The Labute approximate surface area is 164 Å². The third-order valence-electron chi connectivity index (χ3n) is 4.82. The van der Waals surface area contributed by atoms with E-state index in [1.165, 1.54) is 0 Å². The van der Waals surface area contributed by atoms with E-state index in [9.17, 15) is 14.4 Å². The summed E-state index contributed by atoms with van der Waals surface area (Å²) in [4.78, 5) is 42.6. The molecule has 0 atom stereocenters. The topological polar surface area (TPSA) is 91.4 Å². The van der Waals surface area contributed by atoms with Gasteiger partial charge >= 0.3 is 0 Å². The van der Waals surface area contributed by atoms with Gasteiger partial charge in [0.05, 0.1) is 18.8 Å². The van der Waals surface area contributed by atoms with Crippen molar-refractivity contribution >= 4 is 17.7 Å². The fourth-order valence-corrected chi connectivity index (χ4v) is 3.18. The Hall–Kier alpha value is -3.22. The van der Waals surface area contributed by atoms with Crippen molar-refractivity contribution in [3.8, 4) is 0 Å². The van der Waals surface area contributed by atoms with Gasteiger partial charge in [-0.25, -0.2) is 0 Å². The zero-order chi connectivity index (χ0) is 19.8. The first kappa shape index (κ1) is 19.5. The van der Waals surface area contributed by atoms with Crippen LogP contribution in [0, 0.1) is 5.92 Å². The minimum atomic E-state index is -0.266. The maximum atomic E-state index is 12.3. The summed E-state index contributed by atoms with van der Waals surface area (Å²) in [6, 6.07) is 14.4. The molecule has 1 aromatic heterocycles. The third kappa shape index (κ3) is 5.39. The molecule has 7 heteroatoms. The molecule has 0 aliphatic carbocycles. The van der Waals surface area contributed by atoms with Crippen LogP contribution in [0.25, 0.3) is 0 Å². The predicted molar refractivity (Wildman–Crippen MR) is 104 cm³/mol. The van der Waals surface area contributed by atoms with Crippen molar-refractivity contribution in [2.45, 2.75) is 19.4 Å². The van der Waals surface area contributed by atoms with Crippen LogP contribution < -0.4 is 10.6 Å².